The molecule has 0 aliphatic carbocycles. The highest BCUT2D eigenvalue weighted by Gasteiger charge is 2.21. The van der Waals surface area contributed by atoms with Crippen LogP contribution < -0.4 is 11.1 Å². The van der Waals surface area contributed by atoms with Crippen LogP contribution in [-0.2, 0) is 17.9 Å². The van der Waals surface area contributed by atoms with Crippen molar-refractivity contribution in [2.24, 2.45) is 0 Å². The van der Waals surface area contributed by atoms with Crippen molar-refractivity contribution in [2.75, 3.05) is 13.1 Å². The molecular weight excluding hydrogens is 392 g/mol. The third kappa shape index (κ3) is 4.86. The maximum Gasteiger partial charge on any atom is 0.419 e. The molecule has 0 unspecified atom stereocenters. The molecule has 1 N–H and O–H groups in total. The number of carbonyl (C=O) groups is 1. The minimum absolute atomic E-state index is 0.0524. The number of halogens is 1. The summed E-state index contributed by atoms with van der Waals surface area (Å²) in [5.41, 5.74) is 2.15. The quantitative estimate of drug-likeness (QED) is 0.670. The van der Waals surface area contributed by atoms with Crippen LogP contribution in [0.15, 0.2) is 51.8 Å². The molecule has 29 heavy (non-hydrogen) atoms. The van der Waals surface area contributed by atoms with Gasteiger partial charge in [0.2, 0.25) is 5.91 Å². The first-order valence-corrected chi connectivity index (χ1v) is 10.2. The Hall–Kier alpha value is -2.64. The summed E-state index contributed by atoms with van der Waals surface area (Å²) in [7, 11) is 0. The molecule has 0 saturated carbocycles. The van der Waals surface area contributed by atoms with Gasteiger partial charge in [0, 0.05) is 55.9 Å². The second-order valence-corrected chi connectivity index (χ2v) is 7.76. The number of aryl methyl sites for hydroxylation is 1. The average Bonchev–Trinajstić information content (AvgIpc) is 3.02. The lowest BCUT2D eigenvalue weighted by Gasteiger charge is -2.32. The molecule has 1 amide bonds. The lowest BCUT2D eigenvalue weighted by molar-refractivity contribution is -0.122. The van der Waals surface area contributed by atoms with Gasteiger partial charge in [0.15, 0.2) is 5.58 Å². The Morgan fingerprint density at radius 1 is 1.24 bits per heavy atom. The molecule has 152 valence electrons. The van der Waals surface area contributed by atoms with Crippen LogP contribution in [0, 0.1) is 0 Å². The number of likely N-dealkylation sites (tertiary alicyclic amines) is 1. The monoisotopic (exact) mass is 414 g/mol. The largest absolute Gasteiger partial charge is 0.419 e. The molecule has 0 radical (unpaired) electrons. The number of nitrogens with zero attached hydrogens (tertiary/aromatic N) is 3. The molecule has 1 fully saturated rings. The van der Waals surface area contributed by atoms with E-state index >= 15 is 0 Å². The minimum Gasteiger partial charge on any atom is -0.408 e. The minimum atomic E-state index is -0.474. The van der Waals surface area contributed by atoms with E-state index in [-0.39, 0.29) is 24.9 Å². The molecule has 7 nitrogen and oxygen atoms in total. The van der Waals surface area contributed by atoms with Crippen LogP contribution in [0.4, 0.5) is 0 Å². The molecule has 0 spiro atoms. The highest BCUT2D eigenvalue weighted by Crippen LogP contribution is 2.18. The van der Waals surface area contributed by atoms with Crippen molar-refractivity contribution in [3.05, 3.63) is 63.9 Å². The zero-order chi connectivity index (χ0) is 20.2. The first-order chi connectivity index (χ1) is 14.1. The van der Waals surface area contributed by atoms with Crippen molar-refractivity contribution in [3.63, 3.8) is 0 Å². The number of oxazole rings is 1. The summed E-state index contributed by atoms with van der Waals surface area (Å²) in [6.07, 6.45) is 3.86. The summed E-state index contributed by atoms with van der Waals surface area (Å²) >= 11 is 5.93. The maximum absolute atomic E-state index is 12.4. The van der Waals surface area contributed by atoms with Crippen molar-refractivity contribution in [3.8, 4) is 0 Å². The molecule has 2 aromatic heterocycles. The van der Waals surface area contributed by atoms with Gasteiger partial charge in [-0.2, -0.15) is 0 Å². The molecule has 1 aliphatic rings. The summed E-state index contributed by atoms with van der Waals surface area (Å²) in [4.78, 5) is 31.2. The summed E-state index contributed by atoms with van der Waals surface area (Å²) < 4.78 is 6.68. The van der Waals surface area contributed by atoms with E-state index in [1.165, 1.54) is 4.57 Å². The van der Waals surface area contributed by atoms with Crippen LogP contribution in [0.25, 0.3) is 11.1 Å². The molecular formula is C21H23ClN4O3. The number of hydrogen-bond acceptors (Lipinski definition) is 5. The number of hydrogen-bond donors (Lipinski definition) is 1. The summed E-state index contributed by atoms with van der Waals surface area (Å²) in [6, 6.07) is 11.2. The van der Waals surface area contributed by atoms with Gasteiger partial charge in [0.05, 0.1) is 11.2 Å². The van der Waals surface area contributed by atoms with Gasteiger partial charge in [0.1, 0.15) is 0 Å². The van der Waals surface area contributed by atoms with Gasteiger partial charge in [-0.1, -0.05) is 17.7 Å². The lowest BCUT2D eigenvalue weighted by atomic mass is 10.0. The molecule has 1 aliphatic heterocycles. The number of amides is 1. The predicted molar refractivity (Wildman–Crippen MR) is 111 cm³/mol. The van der Waals surface area contributed by atoms with Crippen LogP contribution in [0.1, 0.15) is 25.0 Å². The number of rotatable bonds is 6. The second kappa shape index (κ2) is 8.80. The number of carbonyl (C=O) groups excluding carboxylic acids is 1. The Morgan fingerprint density at radius 2 is 2.07 bits per heavy atom. The van der Waals surface area contributed by atoms with Crippen LogP contribution in [-0.4, -0.2) is 39.5 Å². The topological polar surface area (TPSA) is 80.4 Å². The van der Waals surface area contributed by atoms with E-state index in [0.29, 0.717) is 16.1 Å². The Labute approximate surface area is 173 Å². The number of aromatic nitrogens is 2. The standard InChI is InChI=1S/C21H23ClN4O3/c22-15-4-5-18-19(13-15)29-21(28)26(18)12-8-20(27)24-16-6-10-25(11-7-16)14-17-3-1-2-9-23-17/h1-5,9,13,16H,6-8,10-12,14H2,(H,24,27). The molecule has 3 heterocycles. The van der Waals surface area contributed by atoms with Gasteiger partial charge in [0.25, 0.3) is 0 Å². The van der Waals surface area contributed by atoms with Crippen LogP contribution in [0.2, 0.25) is 5.02 Å². The molecule has 0 bridgehead atoms. The smallest absolute Gasteiger partial charge is 0.408 e. The average molecular weight is 415 g/mol. The van der Waals surface area contributed by atoms with E-state index in [1.807, 2.05) is 24.4 Å². The molecule has 1 saturated heterocycles. The van der Waals surface area contributed by atoms with Gasteiger partial charge < -0.3 is 9.73 Å². The molecule has 0 atom stereocenters. The molecule has 8 heteroatoms. The fourth-order valence-corrected chi connectivity index (χ4v) is 3.88. The van der Waals surface area contributed by atoms with Gasteiger partial charge >= 0.3 is 5.76 Å². The fourth-order valence-electron chi connectivity index (χ4n) is 3.72. The third-order valence-corrected chi connectivity index (χ3v) is 5.49. The first kappa shape index (κ1) is 19.7. The number of benzene rings is 1. The van der Waals surface area contributed by atoms with Gasteiger partial charge in [-0.3, -0.25) is 19.2 Å². The van der Waals surface area contributed by atoms with E-state index < -0.39 is 5.76 Å². The highest BCUT2D eigenvalue weighted by atomic mass is 35.5. The lowest BCUT2D eigenvalue weighted by Crippen LogP contribution is -2.44. The van der Waals surface area contributed by atoms with E-state index in [1.54, 1.807) is 18.2 Å². The molecule has 1 aromatic carbocycles. The first-order valence-electron chi connectivity index (χ1n) is 9.79. The predicted octanol–water partition coefficient (Wildman–Crippen LogP) is 2.81. The molecule has 4 rings (SSSR count). The summed E-state index contributed by atoms with van der Waals surface area (Å²) in [5, 5.41) is 3.60. The van der Waals surface area contributed by atoms with Gasteiger partial charge in [-0.15, -0.1) is 0 Å². The van der Waals surface area contributed by atoms with E-state index in [4.69, 9.17) is 16.0 Å². The number of piperidine rings is 1. The molecule has 3 aromatic rings. The fraction of sp³-hybridized carbons (Fsp3) is 0.381. The Morgan fingerprint density at radius 3 is 2.83 bits per heavy atom. The number of pyridine rings is 1. The van der Waals surface area contributed by atoms with Crippen molar-refractivity contribution in [2.45, 2.75) is 38.4 Å². The van der Waals surface area contributed by atoms with E-state index in [0.717, 1.165) is 38.2 Å². The SMILES string of the molecule is O=C(CCn1c(=O)oc2cc(Cl)ccc21)NC1CCN(Cc2ccccn2)CC1. The normalized spacial score (nSPS) is 15.6. The van der Waals surface area contributed by atoms with E-state index in [9.17, 15) is 9.59 Å². The maximum atomic E-state index is 12.4. The summed E-state index contributed by atoms with van der Waals surface area (Å²) in [6.45, 7) is 2.96. The third-order valence-electron chi connectivity index (χ3n) is 5.26. The number of fused-ring (bicyclic) bond motifs is 1. The van der Waals surface area contributed by atoms with Crippen molar-refractivity contribution >= 4 is 28.6 Å². The van der Waals surface area contributed by atoms with Crippen LogP contribution in [0.5, 0.6) is 0 Å². The van der Waals surface area contributed by atoms with Crippen molar-refractivity contribution in [1.29, 1.82) is 0 Å². The number of nitrogens with one attached hydrogen (secondary N) is 1. The van der Waals surface area contributed by atoms with Crippen LogP contribution >= 0.6 is 11.6 Å². The Kier molecular flexibility index (Phi) is 5.97. The van der Waals surface area contributed by atoms with Crippen LogP contribution in [0.3, 0.4) is 0 Å². The van der Waals surface area contributed by atoms with Crippen molar-refractivity contribution < 1.29 is 9.21 Å². The van der Waals surface area contributed by atoms with Gasteiger partial charge in [-0.05, 0) is 37.1 Å². The Bertz CT molecular complexity index is 1040. The Balaban J connectivity index is 1.26. The zero-order valence-corrected chi connectivity index (χ0v) is 16.8. The summed E-state index contributed by atoms with van der Waals surface area (Å²) in [5.74, 6) is -0.527. The van der Waals surface area contributed by atoms with E-state index in [2.05, 4.69) is 15.2 Å². The highest BCUT2D eigenvalue weighted by molar-refractivity contribution is 6.31. The van der Waals surface area contributed by atoms with Crippen molar-refractivity contribution in [1.82, 2.24) is 19.8 Å². The zero-order valence-electron chi connectivity index (χ0n) is 16.0. The second-order valence-electron chi connectivity index (χ2n) is 7.32. The van der Waals surface area contributed by atoms with Gasteiger partial charge in [-0.25, -0.2) is 4.79 Å².